The van der Waals surface area contributed by atoms with Crippen LogP contribution in [-0.2, 0) is 16.8 Å². The maximum atomic E-state index is 5.82. The van der Waals surface area contributed by atoms with Gasteiger partial charge in [-0.05, 0) is 45.2 Å². The Labute approximate surface area is 115 Å². The molecule has 0 amide bonds. The molecule has 0 aliphatic heterocycles. The molecule has 0 saturated heterocycles. The third kappa shape index (κ3) is 2.79. The van der Waals surface area contributed by atoms with Crippen LogP contribution in [0.15, 0.2) is 0 Å². The highest BCUT2D eigenvalue weighted by molar-refractivity contribution is 5.26. The summed E-state index contributed by atoms with van der Waals surface area (Å²) in [6, 6.07) is 0. The first kappa shape index (κ1) is 14.4. The van der Waals surface area contributed by atoms with E-state index in [0.29, 0.717) is 6.54 Å². The number of rotatable bonds is 4. The zero-order valence-corrected chi connectivity index (χ0v) is 12.3. The van der Waals surface area contributed by atoms with Gasteiger partial charge >= 0.3 is 0 Å². The first-order valence-electron chi connectivity index (χ1n) is 7.23. The predicted molar refractivity (Wildman–Crippen MR) is 76.0 cm³/mol. The third-order valence-electron chi connectivity index (χ3n) is 4.27. The lowest BCUT2D eigenvalue weighted by Crippen LogP contribution is -2.34. The minimum atomic E-state index is -0.269. The fourth-order valence-electron chi connectivity index (χ4n) is 3.09. The summed E-state index contributed by atoms with van der Waals surface area (Å²) in [5, 5.41) is 0. The van der Waals surface area contributed by atoms with Crippen molar-refractivity contribution in [2.24, 2.45) is 5.73 Å². The molecule has 1 aromatic rings. The standard InChI is InChI=1S/C15H25N3O/c1-11-13(7-10-16)12(2)18-14(17-11)15(19-3)8-5-4-6-9-15/h4-10,16H2,1-3H3. The molecule has 19 heavy (non-hydrogen) atoms. The van der Waals surface area contributed by atoms with Crippen molar-refractivity contribution in [2.45, 2.75) is 58.0 Å². The molecule has 1 saturated carbocycles. The Bertz CT molecular complexity index is 416. The van der Waals surface area contributed by atoms with Crippen molar-refractivity contribution in [3.05, 3.63) is 22.8 Å². The highest BCUT2D eigenvalue weighted by Gasteiger charge is 2.37. The lowest BCUT2D eigenvalue weighted by Gasteiger charge is -2.35. The first-order chi connectivity index (χ1) is 9.13. The normalized spacial score (nSPS) is 18.5. The molecular formula is C15H25N3O. The first-order valence-corrected chi connectivity index (χ1v) is 7.23. The van der Waals surface area contributed by atoms with Crippen molar-refractivity contribution in [2.75, 3.05) is 13.7 Å². The molecule has 1 aliphatic rings. The Morgan fingerprint density at radius 1 is 1.11 bits per heavy atom. The van der Waals surface area contributed by atoms with Crippen molar-refractivity contribution in [3.63, 3.8) is 0 Å². The van der Waals surface area contributed by atoms with Gasteiger partial charge in [0, 0.05) is 18.5 Å². The minimum Gasteiger partial charge on any atom is -0.370 e. The van der Waals surface area contributed by atoms with Gasteiger partial charge in [-0.2, -0.15) is 0 Å². The van der Waals surface area contributed by atoms with Gasteiger partial charge in [0.1, 0.15) is 5.60 Å². The molecule has 2 N–H and O–H groups in total. The number of aryl methyl sites for hydroxylation is 2. The molecule has 0 bridgehead atoms. The highest BCUT2D eigenvalue weighted by atomic mass is 16.5. The number of hydrogen-bond acceptors (Lipinski definition) is 4. The number of ether oxygens (including phenoxy) is 1. The Morgan fingerprint density at radius 3 is 2.16 bits per heavy atom. The maximum Gasteiger partial charge on any atom is 0.160 e. The Morgan fingerprint density at radius 2 is 1.68 bits per heavy atom. The van der Waals surface area contributed by atoms with Crippen LogP contribution in [0, 0.1) is 13.8 Å². The Hall–Kier alpha value is -1.00. The zero-order valence-electron chi connectivity index (χ0n) is 12.3. The van der Waals surface area contributed by atoms with Crippen LogP contribution in [0.1, 0.15) is 54.9 Å². The Balaban J connectivity index is 2.39. The summed E-state index contributed by atoms with van der Waals surface area (Å²) in [5.41, 5.74) is 8.67. The fraction of sp³-hybridized carbons (Fsp3) is 0.733. The summed E-state index contributed by atoms with van der Waals surface area (Å²) in [4.78, 5) is 9.46. The van der Waals surface area contributed by atoms with Crippen molar-refractivity contribution < 1.29 is 4.74 Å². The lowest BCUT2D eigenvalue weighted by molar-refractivity contribution is -0.0517. The van der Waals surface area contributed by atoms with E-state index in [0.717, 1.165) is 36.5 Å². The molecule has 0 atom stereocenters. The van der Waals surface area contributed by atoms with Crippen LogP contribution in [0.3, 0.4) is 0 Å². The quantitative estimate of drug-likeness (QED) is 0.906. The molecule has 0 unspecified atom stereocenters. The van der Waals surface area contributed by atoms with Gasteiger partial charge in [0.25, 0.3) is 0 Å². The van der Waals surface area contributed by atoms with Crippen molar-refractivity contribution in [3.8, 4) is 0 Å². The van der Waals surface area contributed by atoms with Crippen LogP contribution in [0.5, 0.6) is 0 Å². The van der Waals surface area contributed by atoms with Crippen molar-refractivity contribution in [1.82, 2.24) is 9.97 Å². The van der Waals surface area contributed by atoms with Crippen LogP contribution in [0.25, 0.3) is 0 Å². The van der Waals surface area contributed by atoms with E-state index in [1.807, 2.05) is 0 Å². The van der Waals surface area contributed by atoms with Crippen LogP contribution < -0.4 is 5.73 Å². The number of aromatic nitrogens is 2. The lowest BCUT2D eigenvalue weighted by atomic mass is 9.83. The van der Waals surface area contributed by atoms with E-state index >= 15 is 0 Å². The van der Waals surface area contributed by atoms with Gasteiger partial charge < -0.3 is 10.5 Å². The topological polar surface area (TPSA) is 61.0 Å². The molecule has 0 radical (unpaired) electrons. The second kappa shape index (κ2) is 5.97. The average Bonchev–Trinajstić information content (AvgIpc) is 2.43. The van der Waals surface area contributed by atoms with E-state index in [-0.39, 0.29) is 5.60 Å². The van der Waals surface area contributed by atoms with Gasteiger partial charge in [0.05, 0.1) is 0 Å². The van der Waals surface area contributed by atoms with Crippen LogP contribution in [0.4, 0.5) is 0 Å². The van der Waals surface area contributed by atoms with Gasteiger partial charge in [-0.1, -0.05) is 19.3 Å². The molecule has 0 aromatic carbocycles. The molecule has 4 heteroatoms. The van der Waals surface area contributed by atoms with Crippen molar-refractivity contribution >= 4 is 0 Å². The molecule has 1 heterocycles. The van der Waals surface area contributed by atoms with Gasteiger partial charge in [-0.15, -0.1) is 0 Å². The van der Waals surface area contributed by atoms with E-state index < -0.39 is 0 Å². The van der Waals surface area contributed by atoms with Crippen LogP contribution >= 0.6 is 0 Å². The van der Waals surface area contributed by atoms with Gasteiger partial charge in [-0.3, -0.25) is 0 Å². The Kier molecular flexibility index (Phi) is 4.53. The van der Waals surface area contributed by atoms with E-state index in [2.05, 4.69) is 13.8 Å². The number of nitrogens with zero attached hydrogens (tertiary/aromatic N) is 2. The molecule has 1 fully saturated rings. The number of methoxy groups -OCH3 is 1. The van der Waals surface area contributed by atoms with Gasteiger partial charge in [0.15, 0.2) is 5.82 Å². The molecular weight excluding hydrogens is 238 g/mol. The van der Waals surface area contributed by atoms with Gasteiger partial charge in [0.2, 0.25) is 0 Å². The summed E-state index contributed by atoms with van der Waals surface area (Å²) < 4.78 is 5.82. The van der Waals surface area contributed by atoms with E-state index in [9.17, 15) is 0 Å². The summed E-state index contributed by atoms with van der Waals surface area (Å²) in [5.74, 6) is 0.866. The predicted octanol–water partition coefficient (Wildman–Crippen LogP) is 2.40. The van der Waals surface area contributed by atoms with Crippen LogP contribution in [-0.4, -0.2) is 23.6 Å². The summed E-state index contributed by atoms with van der Waals surface area (Å²) >= 11 is 0. The number of nitrogens with two attached hydrogens (primary N) is 1. The second-order valence-electron chi connectivity index (χ2n) is 5.49. The van der Waals surface area contributed by atoms with Crippen molar-refractivity contribution in [1.29, 1.82) is 0 Å². The molecule has 2 rings (SSSR count). The minimum absolute atomic E-state index is 0.269. The van der Waals surface area contributed by atoms with E-state index in [1.54, 1.807) is 7.11 Å². The summed E-state index contributed by atoms with van der Waals surface area (Å²) in [6.07, 6.45) is 6.57. The summed E-state index contributed by atoms with van der Waals surface area (Å²) in [6.45, 7) is 4.74. The second-order valence-corrected chi connectivity index (χ2v) is 5.49. The largest absolute Gasteiger partial charge is 0.370 e. The molecule has 0 spiro atoms. The van der Waals surface area contributed by atoms with Crippen LogP contribution in [0.2, 0.25) is 0 Å². The SMILES string of the molecule is COC1(c2nc(C)c(CCN)c(C)n2)CCCCC1. The summed E-state index contributed by atoms with van der Waals surface area (Å²) in [7, 11) is 1.78. The zero-order chi connectivity index (χ0) is 13.9. The fourth-order valence-corrected chi connectivity index (χ4v) is 3.09. The average molecular weight is 263 g/mol. The molecule has 106 valence electrons. The van der Waals surface area contributed by atoms with Gasteiger partial charge in [-0.25, -0.2) is 9.97 Å². The monoisotopic (exact) mass is 263 g/mol. The molecule has 1 aromatic heterocycles. The maximum absolute atomic E-state index is 5.82. The van der Waals surface area contributed by atoms with E-state index in [1.165, 1.54) is 24.8 Å². The molecule has 4 nitrogen and oxygen atoms in total. The third-order valence-corrected chi connectivity index (χ3v) is 4.27. The molecule has 1 aliphatic carbocycles. The highest BCUT2D eigenvalue weighted by Crippen LogP contribution is 2.38. The van der Waals surface area contributed by atoms with E-state index in [4.69, 9.17) is 20.4 Å². The smallest absolute Gasteiger partial charge is 0.160 e. The number of hydrogen-bond donors (Lipinski definition) is 1.